The van der Waals surface area contributed by atoms with Gasteiger partial charge in [0.05, 0.1) is 16.8 Å². The fraction of sp³-hybridized carbons (Fsp3) is 0.368. The Morgan fingerprint density at radius 2 is 2.00 bits per heavy atom. The maximum atomic E-state index is 13.2. The van der Waals surface area contributed by atoms with Crippen molar-refractivity contribution in [2.45, 2.75) is 13.8 Å². The number of nitrogens with zero attached hydrogens (tertiary/aromatic N) is 3. The molecule has 1 amide bonds. The number of aromatic nitrogens is 1. The highest BCUT2D eigenvalue weighted by Crippen LogP contribution is 2.39. The fourth-order valence-corrected chi connectivity index (χ4v) is 4.44. The number of methoxy groups -OCH3 is 1. The SMILES string of the molecule is CCN(CC)CCN(C(=O)c1ccc(Br)o1)c1nc2c(OC)ccc(Cl)c2s1. The third-order valence-electron chi connectivity index (χ3n) is 4.46. The summed E-state index contributed by atoms with van der Waals surface area (Å²) in [7, 11) is 1.59. The van der Waals surface area contributed by atoms with Crippen LogP contribution in [0, 0.1) is 0 Å². The van der Waals surface area contributed by atoms with E-state index in [4.69, 9.17) is 20.8 Å². The normalized spacial score (nSPS) is 11.4. The Labute approximate surface area is 181 Å². The van der Waals surface area contributed by atoms with Gasteiger partial charge in [0.1, 0.15) is 11.3 Å². The fourth-order valence-electron chi connectivity index (χ4n) is 2.85. The Balaban J connectivity index is 2.01. The molecule has 6 nitrogen and oxygen atoms in total. The summed E-state index contributed by atoms with van der Waals surface area (Å²) >= 11 is 11.0. The first-order valence-electron chi connectivity index (χ1n) is 8.91. The molecular weight excluding hydrogens is 466 g/mol. The Morgan fingerprint density at radius 3 is 2.61 bits per heavy atom. The zero-order valence-electron chi connectivity index (χ0n) is 15.9. The Bertz CT molecular complexity index is 971. The average molecular weight is 487 g/mol. The standard InChI is InChI=1S/C19H21BrClN3O3S/c1-4-23(5-2)10-11-24(18(25)14-8-9-15(20)27-14)19-22-16-13(26-3)7-6-12(21)17(16)28-19/h6-9H,4-5,10-11H2,1-3H3. The number of hydrogen-bond acceptors (Lipinski definition) is 6. The first-order valence-corrected chi connectivity index (χ1v) is 10.9. The Kier molecular flexibility index (Phi) is 6.98. The number of furan rings is 1. The molecule has 0 spiro atoms. The first-order chi connectivity index (χ1) is 13.5. The zero-order chi connectivity index (χ0) is 20.3. The van der Waals surface area contributed by atoms with Crippen LogP contribution in [0.25, 0.3) is 10.2 Å². The number of carbonyl (C=O) groups excluding carboxylic acids is 1. The molecule has 0 N–H and O–H groups in total. The second-order valence-electron chi connectivity index (χ2n) is 6.01. The molecule has 150 valence electrons. The third-order valence-corrected chi connectivity index (χ3v) is 6.43. The molecule has 2 aromatic heterocycles. The largest absolute Gasteiger partial charge is 0.494 e. The van der Waals surface area contributed by atoms with Crippen LogP contribution in [0.3, 0.4) is 0 Å². The smallest absolute Gasteiger partial charge is 0.295 e. The summed E-state index contributed by atoms with van der Waals surface area (Å²) in [5.74, 6) is 0.634. The monoisotopic (exact) mass is 485 g/mol. The number of benzene rings is 1. The predicted molar refractivity (Wildman–Crippen MR) is 117 cm³/mol. The van der Waals surface area contributed by atoms with E-state index < -0.39 is 0 Å². The maximum absolute atomic E-state index is 13.2. The van der Waals surface area contributed by atoms with Gasteiger partial charge in [-0.3, -0.25) is 9.69 Å². The average Bonchev–Trinajstić information content (AvgIpc) is 3.32. The third kappa shape index (κ3) is 4.35. The lowest BCUT2D eigenvalue weighted by molar-refractivity contribution is 0.0956. The van der Waals surface area contributed by atoms with Crippen molar-refractivity contribution in [3.63, 3.8) is 0 Å². The van der Waals surface area contributed by atoms with Crippen molar-refractivity contribution in [2.75, 3.05) is 38.2 Å². The van der Waals surface area contributed by atoms with Crippen LogP contribution in [-0.2, 0) is 0 Å². The van der Waals surface area contributed by atoms with Crippen molar-refractivity contribution in [2.24, 2.45) is 0 Å². The topological polar surface area (TPSA) is 58.8 Å². The second-order valence-corrected chi connectivity index (χ2v) is 8.18. The molecule has 3 aromatic rings. The highest BCUT2D eigenvalue weighted by molar-refractivity contribution is 9.10. The minimum atomic E-state index is -0.244. The van der Waals surface area contributed by atoms with E-state index >= 15 is 0 Å². The minimum absolute atomic E-state index is 0.244. The van der Waals surface area contributed by atoms with Crippen LogP contribution in [-0.4, -0.2) is 49.1 Å². The lowest BCUT2D eigenvalue weighted by atomic mass is 10.3. The molecule has 0 unspecified atom stereocenters. The van der Waals surface area contributed by atoms with Crippen molar-refractivity contribution >= 4 is 60.1 Å². The lowest BCUT2D eigenvalue weighted by Crippen LogP contribution is -2.38. The zero-order valence-corrected chi connectivity index (χ0v) is 19.0. The molecule has 0 fully saturated rings. The van der Waals surface area contributed by atoms with Crippen LogP contribution in [0.1, 0.15) is 24.4 Å². The molecule has 0 saturated heterocycles. The van der Waals surface area contributed by atoms with Crippen molar-refractivity contribution < 1.29 is 13.9 Å². The molecule has 1 aromatic carbocycles. The van der Waals surface area contributed by atoms with E-state index in [0.717, 1.165) is 24.3 Å². The number of thiazole rings is 1. The summed E-state index contributed by atoms with van der Waals surface area (Å²) in [4.78, 5) is 21.7. The Hall–Kier alpha value is -1.61. The summed E-state index contributed by atoms with van der Waals surface area (Å²) in [5.41, 5.74) is 0.649. The van der Waals surface area contributed by atoms with Gasteiger partial charge in [-0.2, -0.15) is 0 Å². The molecule has 0 saturated carbocycles. The van der Waals surface area contributed by atoms with Crippen LogP contribution in [0.15, 0.2) is 33.4 Å². The van der Waals surface area contributed by atoms with E-state index in [1.165, 1.54) is 11.3 Å². The molecule has 2 heterocycles. The molecule has 0 aliphatic carbocycles. The van der Waals surface area contributed by atoms with E-state index in [2.05, 4.69) is 39.7 Å². The molecule has 0 aliphatic rings. The van der Waals surface area contributed by atoms with Crippen LogP contribution in [0.4, 0.5) is 5.13 Å². The summed E-state index contributed by atoms with van der Waals surface area (Å²) < 4.78 is 12.2. The van der Waals surface area contributed by atoms with Crippen molar-refractivity contribution in [3.8, 4) is 5.75 Å². The molecule has 0 radical (unpaired) electrons. The highest BCUT2D eigenvalue weighted by atomic mass is 79.9. The number of halogens is 2. The predicted octanol–water partition coefficient (Wildman–Crippen LogP) is 5.30. The van der Waals surface area contributed by atoms with Crippen molar-refractivity contribution in [1.29, 1.82) is 0 Å². The van der Waals surface area contributed by atoms with E-state index in [1.807, 2.05) is 0 Å². The first kappa shape index (κ1) is 21.1. The van der Waals surface area contributed by atoms with Crippen LogP contribution < -0.4 is 9.64 Å². The number of hydrogen-bond donors (Lipinski definition) is 0. The van der Waals surface area contributed by atoms with E-state index in [9.17, 15) is 4.79 Å². The molecule has 9 heteroatoms. The number of amides is 1. The van der Waals surface area contributed by atoms with Crippen molar-refractivity contribution in [1.82, 2.24) is 9.88 Å². The molecule has 3 rings (SSSR count). The van der Waals surface area contributed by atoms with Crippen LogP contribution >= 0.6 is 38.9 Å². The maximum Gasteiger partial charge on any atom is 0.295 e. The highest BCUT2D eigenvalue weighted by Gasteiger charge is 2.25. The van der Waals surface area contributed by atoms with E-state index in [-0.39, 0.29) is 11.7 Å². The second kappa shape index (κ2) is 9.26. The van der Waals surface area contributed by atoms with Crippen molar-refractivity contribution in [3.05, 3.63) is 39.7 Å². The van der Waals surface area contributed by atoms with Gasteiger partial charge in [0.2, 0.25) is 0 Å². The molecule has 28 heavy (non-hydrogen) atoms. The van der Waals surface area contributed by atoms with Gasteiger partial charge in [0.15, 0.2) is 15.6 Å². The number of rotatable bonds is 8. The summed E-state index contributed by atoms with van der Waals surface area (Å²) in [6, 6.07) is 6.90. The number of ether oxygens (including phenoxy) is 1. The van der Waals surface area contributed by atoms with Crippen LogP contribution in [0.5, 0.6) is 5.75 Å². The van der Waals surface area contributed by atoms with Gasteiger partial charge in [-0.15, -0.1) is 0 Å². The van der Waals surface area contributed by atoms with Gasteiger partial charge in [-0.05, 0) is 53.3 Å². The summed E-state index contributed by atoms with van der Waals surface area (Å²) in [5, 5.41) is 1.14. The molecule has 0 atom stereocenters. The van der Waals surface area contributed by atoms with Gasteiger partial charge in [0, 0.05) is 13.1 Å². The van der Waals surface area contributed by atoms with Gasteiger partial charge < -0.3 is 14.1 Å². The quantitative estimate of drug-likeness (QED) is 0.432. The van der Waals surface area contributed by atoms with Gasteiger partial charge in [-0.1, -0.05) is 36.8 Å². The van der Waals surface area contributed by atoms with E-state index in [0.29, 0.717) is 32.6 Å². The number of fused-ring (bicyclic) bond motifs is 1. The lowest BCUT2D eigenvalue weighted by Gasteiger charge is -2.24. The van der Waals surface area contributed by atoms with E-state index in [1.54, 1.807) is 36.3 Å². The Morgan fingerprint density at radius 1 is 1.25 bits per heavy atom. The van der Waals surface area contributed by atoms with Gasteiger partial charge in [0.25, 0.3) is 5.91 Å². The molecular formula is C19H21BrClN3O3S. The number of anilines is 1. The molecule has 0 aliphatic heterocycles. The van der Waals surface area contributed by atoms with Crippen LogP contribution in [0.2, 0.25) is 5.02 Å². The van der Waals surface area contributed by atoms with Gasteiger partial charge in [-0.25, -0.2) is 4.98 Å². The molecule has 0 bridgehead atoms. The minimum Gasteiger partial charge on any atom is -0.494 e. The number of carbonyl (C=O) groups is 1. The summed E-state index contributed by atoms with van der Waals surface area (Å²) in [6.07, 6.45) is 0. The van der Waals surface area contributed by atoms with Gasteiger partial charge >= 0.3 is 0 Å². The summed E-state index contributed by atoms with van der Waals surface area (Å²) in [6.45, 7) is 7.22. The number of likely N-dealkylation sites (N-methyl/N-ethyl adjacent to an activating group) is 1.